The molecule has 0 aliphatic heterocycles. The first-order valence-corrected chi connectivity index (χ1v) is 5.11. The van der Waals surface area contributed by atoms with Crippen molar-refractivity contribution in [2.45, 2.75) is 41.5 Å². The number of carbonyl (C=O) groups is 1. The molecule has 0 aliphatic rings. The van der Waals surface area contributed by atoms with Crippen LogP contribution in [0.1, 0.15) is 34.7 Å². The molecular weight excluding hydrogens is 188 g/mol. The molecule has 0 saturated carbocycles. The lowest BCUT2D eigenvalue weighted by Gasteiger charge is -2.17. The van der Waals surface area contributed by atoms with Gasteiger partial charge in [-0.2, -0.15) is 0 Å². The standard InChI is InChI=1S/C13H18O2/c1-7-8(2)10(4)13(15-12(6)14)11(5)9(7)3/h1-6H3. The van der Waals surface area contributed by atoms with Crippen LogP contribution in [0.2, 0.25) is 0 Å². The number of rotatable bonds is 1. The summed E-state index contributed by atoms with van der Waals surface area (Å²) in [6.45, 7) is 11.6. The van der Waals surface area contributed by atoms with E-state index in [4.69, 9.17) is 4.74 Å². The molecule has 0 spiro atoms. The van der Waals surface area contributed by atoms with Crippen LogP contribution < -0.4 is 4.74 Å². The number of esters is 1. The van der Waals surface area contributed by atoms with Crippen LogP contribution in [0.25, 0.3) is 0 Å². The zero-order valence-corrected chi connectivity index (χ0v) is 10.3. The predicted octanol–water partition coefficient (Wildman–Crippen LogP) is 3.15. The summed E-state index contributed by atoms with van der Waals surface area (Å²) in [5.41, 5.74) is 5.81. The lowest BCUT2D eigenvalue weighted by molar-refractivity contribution is -0.131. The third kappa shape index (κ3) is 2.04. The van der Waals surface area contributed by atoms with Crippen molar-refractivity contribution >= 4 is 5.97 Å². The average molecular weight is 206 g/mol. The summed E-state index contributed by atoms with van der Waals surface area (Å²) in [4.78, 5) is 11.0. The fourth-order valence-corrected chi connectivity index (χ4v) is 1.76. The molecule has 0 radical (unpaired) electrons. The Morgan fingerprint density at radius 1 is 0.800 bits per heavy atom. The van der Waals surface area contributed by atoms with Gasteiger partial charge in [-0.3, -0.25) is 4.79 Å². The van der Waals surface area contributed by atoms with Gasteiger partial charge in [0.25, 0.3) is 0 Å². The van der Waals surface area contributed by atoms with E-state index in [1.165, 1.54) is 23.6 Å². The lowest BCUT2D eigenvalue weighted by Crippen LogP contribution is -2.07. The number of ether oxygens (including phenoxy) is 1. The maximum atomic E-state index is 11.0. The highest BCUT2D eigenvalue weighted by Gasteiger charge is 2.14. The van der Waals surface area contributed by atoms with Crippen LogP contribution in [0.4, 0.5) is 0 Å². The Kier molecular flexibility index (Phi) is 3.18. The minimum atomic E-state index is -0.260. The highest BCUT2D eigenvalue weighted by molar-refractivity contribution is 5.71. The van der Waals surface area contributed by atoms with Gasteiger partial charge in [0.1, 0.15) is 5.75 Å². The molecule has 2 nitrogen and oxygen atoms in total. The van der Waals surface area contributed by atoms with Crippen molar-refractivity contribution in [3.63, 3.8) is 0 Å². The molecule has 0 amide bonds. The molecule has 0 heterocycles. The maximum Gasteiger partial charge on any atom is 0.308 e. The monoisotopic (exact) mass is 206 g/mol. The first kappa shape index (κ1) is 11.8. The van der Waals surface area contributed by atoms with Crippen molar-refractivity contribution in [1.82, 2.24) is 0 Å². The molecule has 1 aromatic carbocycles. The van der Waals surface area contributed by atoms with Crippen LogP contribution in [0.5, 0.6) is 5.75 Å². The van der Waals surface area contributed by atoms with Gasteiger partial charge in [0.05, 0.1) is 0 Å². The smallest absolute Gasteiger partial charge is 0.308 e. The van der Waals surface area contributed by atoms with Gasteiger partial charge in [0.15, 0.2) is 0 Å². The van der Waals surface area contributed by atoms with E-state index in [1.807, 2.05) is 13.8 Å². The number of hydrogen-bond donors (Lipinski definition) is 0. The number of hydrogen-bond acceptors (Lipinski definition) is 2. The van der Waals surface area contributed by atoms with Crippen LogP contribution in [-0.4, -0.2) is 5.97 Å². The van der Waals surface area contributed by atoms with Gasteiger partial charge in [0, 0.05) is 6.92 Å². The molecule has 82 valence electrons. The molecule has 0 atom stereocenters. The summed E-state index contributed by atoms with van der Waals surface area (Å²) >= 11 is 0. The minimum absolute atomic E-state index is 0.260. The molecular formula is C13H18O2. The van der Waals surface area contributed by atoms with Crippen LogP contribution in [0, 0.1) is 34.6 Å². The molecule has 0 aliphatic carbocycles. The van der Waals surface area contributed by atoms with Crippen LogP contribution in [0.15, 0.2) is 0 Å². The Bertz CT molecular complexity index is 388. The van der Waals surface area contributed by atoms with Gasteiger partial charge in [-0.1, -0.05) is 0 Å². The SMILES string of the molecule is CC(=O)Oc1c(C)c(C)c(C)c(C)c1C. The lowest BCUT2D eigenvalue weighted by atomic mass is 9.94. The molecule has 1 rings (SSSR count). The van der Waals surface area contributed by atoms with E-state index >= 15 is 0 Å². The minimum Gasteiger partial charge on any atom is -0.426 e. The summed E-state index contributed by atoms with van der Waals surface area (Å²) in [6, 6.07) is 0. The van der Waals surface area contributed by atoms with Crippen molar-refractivity contribution in [2.75, 3.05) is 0 Å². The Labute approximate surface area is 91.3 Å². The van der Waals surface area contributed by atoms with Crippen LogP contribution in [-0.2, 0) is 4.79 Å². The van der Waals surface area contributed by atoms with Gasteiger partial charge in [-0.25, -0.2) is 0 Å². The van der Waals surface area contributed by atoms with Crippen molar-refractivity contribution in [2.24, 2.45) is 0 Å². The zero-order valence-electron chi connectivity index (χ0n) is 10.3. The Morgan fingerprint density at radius 2 is 1.13 bits per heavy atom. The van der Waals surface area contributed by atoms with Gasteiger partial charge in [-0.05, 0) is 62.4 Å². The van der Waals surface area contributed by atoms with E-state index in [-0.39, 0.29) is 5.97 Å². The quantitative estimate of drug-likeness (QED) is 0.521. The number of benzene rings is 1. The normalized spacial score (nSPS) is 10.3. The second kappa shape index (κ2) is 4.05. The third-order valence-corrected chi connectivity index (χ3v) is 3.18. The van der Waals surface area contributed by atoms with Crippen LogP contribution in [0.3, 0.4) is 0 Å². The summed E-state index contributed by atoms with van der Waals surface area (Å²) in [7, 11) is 0. The van der Waals surface area contributed by atoms with Gasteiger partial charge >= 0.3 is 5.97 Å². The van der Waals surface area contributed by atoms with Gasteiger partial charge in [-0.15, -0.1) is 0 Å². The Morgan fingerprint density at radius 3 is 1.47 bits per heavy atom. The molecule has 0 saturated heterocycles. The van der Waals surface area contributed by atoms with E-state index in [2.05, 4.69) is 20.8 Å². The first-order chi connectivity index (χ1) is 6.86. The van der Waals surface area contributed by atoms with E-state index in [0.29, 0.717) is 0 Å². The van der Waals surface area contributed by atoms with Gasteiger partial charge < -0.3 is 4.74 Å². The highest BCUT2D eigenvalue weighted by atomic mass is 16.5. The molecule has 2 heteroatoms. The highest BCUT2D eigenvalue weighted by Crippen LogP contribution is 2.32. The molecule has 0 fully saturated rings. The largest absolute Gasteiger partial charge is 0.426 e. The molecule has 0 bridgehead atoms. The number of carbonyl (C=O) groups excluding carboxylic acids is 1. The van der Waals surface area contributed by atoms with E-state index in [9.17, 15) is 4.79 Å². The summed E-state index contributed by atoms with van der Waals surface area (Å²) < 4.78 is 5.25. The molecule has 0 aromatic heterocycles. The maximum absolute atomic E-state index is 11.0. The first-order valence-electron chi connectivity index (χ1n) is 5.11. The second-order valence-electron chi connectivity index (χ2n) is 4.05. The third-order valence-electron chi connectivity index (χ3n) is 3.18. The second-order valence-corrected chi connectivity index (χ2v) is 4.05. The molecule has 0 N–H and O–H groups in total. The summed E-state index contributed by atoms with van der Waals surface area (Å²) in [6.07, 6.45) is 0. The fraction of sp³-hybridized carbons (Fsp3) is 0.462. The van der Waals surface area contributed by atoms with E-state index in [0.717, 1.165) is 16.9 Å². The van der Waals surface area contributed by atoms with Crippen molar-refractivity contribution in [3.05, 3.63) is 27.8 Å². The average Bonchev–Trinajstić information content (AvgIpc) is 2.18. The predicted molar refractivity (Wildman–Crippen MR) is 61.4 cm³/mol. The van der Waals surface area contributed by atoms with Crippen molar-refractivity contribution in [1.29, 1.82) is 0 Å². The zero-order chi connectivity index (χ0) is 11.7. The Hall–Kier alpha value is -1.31. The van der Waals surface area contributed by atoms with E-state index in [1.54, 1.807) is 0 Å². The van der Waals surface area contributed by atoms with Gasteiger partial charge in [0.2, 0.25) is 0 Å². The van der Waals surface area contributed by atoms with E-state index < -0.39 is 0 Å². The van der Waals surface area contributed by atoms with Crippen LogP contribution >= 0.6 is 0 Å². The summed E-state index contributed by atoms with van der Waals surface area (Å²) in [5.74, 6) is 0.465. The molecule has 15 heavy (non-hydrogen) atoms. The molecule has 1 aromatic rings. The van der Waals surface area contributed by atoms with Crippen molar-refractivity contribution < 1.29 is 9.53 Å². The summed E-state index contributed by atoms with van der Waals surface area (Å²) in [5, 5.41) is 0. The fourth-order valence-electron chi connectivity index (χ4n) is 1.76. The Balaban J connectivity index is 3.45. The topological polar surface area (TPSA) is 26.3 Å². The molecule has 0 unspecified atom stereocenters. The van der Waals surface area contributed by atoms with Crippen molar-refractivity contribution in [3.8, 4) is 5.75 Å².